The summed E-state index contributed by atoms with van der Waals surface area (Å²) in [6.45, 7) is 4.57. The van der Waals surface area contributed by atoms with Crippen molar-refractivity contribution in [2.75, 3.05) is 18.5 Å². The van der Waals surface area contributed by atoms with Crippen LogP contribution in [0.2, 0.25) is 0 Å². The van der Waals surface area contributed by atoms with Crippen molar-refractivity contribution in [1.29, 1.82) is 0 Å². The van der Waals surface area contributed by atoms with Crippen molar-refractivity contribution in [3.05, 3.63) is 53.2 Å². The molecule has 0 amide bonds. The van der Waals surface area contributed by atoms with Gasteiger partial charge in [0.05, 0.1) is 24.0 Å². The van der Waals surface area contributed by atoms with E-state index in [-0.39, 0.29) is 12.4 Å². The maximum absolute atomic E-state index is 13.8. The largest absolute Gasteiger partial charge is 0.462 e. The smallest absolute Gasteiger partial charge is 0.341 e. The van der Waals surface area contributed by atoms with E-state index < -0.39 is 5.97 Å². The summed E-state index contributed by atoms with van der Waals surface area (Å²) >= 11 is 0. The highest BCUT2D eigenvalue weighted by atomic mass is 19.1. The molecule has 0 radical (unpaired) electrons. The van der Waals surface area contributed by atoms with Crippen LogP contribution in [0.3, 0.4) is 0 Å². The molecule has 0 atom stereocenters. The minimum atomic E-state index is -0.480. The van der Waals surface area contributed by atoms with Gasteiger partial charge in [0, 0.05) is 30.9 Å². The molecule has 1 aromatic carbocycles. The van der Waals surface area contributed by atoms with Crippen molar-refractivity contribution in [3.8, 4) is 0 Å². The zero-order valence-electron chi connectivity index (χ0n) is 15.0. The monoisotopic (exact) mass is 356 g/mol. The lowest BCUT2D eigenvalue weighted by atomic mass is 10.1. The van der Waals surface area contributed by atoms with Gasteiger partial charge < -0.3 is 10.1 Å². The molecule has 136 valence electrons. The molecule has 0 saturated carbocycles. The number of hydrogen-bond acceptors (Lipinski definition) is 5. The number of halogens is 1. The Morgan fingerprint density at radius 3 is 2.85 bits per heavy atom. The van der Waals surface area contributed by atoms with Crippen LogP contribution < -0.4 is 5.32 Å². The zero-order chi connectivity index (χ0) is 18.7. The molecule has 0 aliphatic carbocycles. The molecule has 0 aliphatic heterocycles. The van der Waals surface area contributed by atoms with E-state index in [4.69, 9.17) is 4.74 Å². The summed E-state index contributed by atoms with van der Waals surface area (Å²) < 4.78 is 20.7. The first kappa shape index (κ1) is 17.8. The number of carbonyl (C=O) groups is 1. The third-order valence-electron chi connectivity index (χ3n) is 4.36. The van der Waals surface area contributed by atoms with Gasteiger partial charge in [-0.05, 0) is 44.0 Å². The van der Waals surface area contributed by atoms with E-state index in [1.807, 2.05) is 24.9 Å². The predicted molar refractivity (Wildman–Crippen MR) is 97.8 cm³/mol. The number of anilines is 1. The molecule has 0 aliphatic rings. The Morgan fingerprint density at radius 1 is 1.35 bits per heavy atom. The third kappa shape index (κ3) is 3.51. The van der Waals surface area contributed by atoms with Gasteiger partial charge in [0.2, 0.25) is 0 Å². The zero-order valence-corrected chi connectivity index (χ0v) is 15.0. The van der Waals surface area contributed by atoms with Crippen LogP contribution in [0.25, 0.3) is 10.9 Å². The van der Waals surface area contributed by atoms with Gasteiger partial charge in [-0.2, -0.15) is 5.10 Å². The highest BCUT2D eigenvalue weighted by Crippen LogP contribution is 2.27. The van der Waals surface area contributed by atoms with Gasteiger partial charge in [0.25, 0.3) is 0 Å². The van der Waals surface area contributed by atoms with E-state index in [0.717, 1.165) is 17.7 Å². The van der Waals surface area contributed by atoms with Gasteiger partial charge in [-0.25, -0.2) is 9.18 Å². The number of aromatic nitrogens is 3. The fourth-order valence-corrected chi connectivity index (χ4v) is 2.83. The van der Waals surface area contributed by atoms with E-state index in [9.17, 15) is 9.18 Å². The maximum atomic E-state index is 13.8. The Hall–Kier alpha value is -2.96. The Labute approximate surface area is 151 Å². The lowest BCUT2D eigenvalue weighted by Crippen LogP contribution is -2.13. The van der Waals surface area contributed by atoms with Crippen LogP contribution in [0, 0.1) is 12.7 Å². The second kappa shape index (κ2) is 7.51. The molecule has 3 aromatic rings. The number of carbonyl (C=O) groups excluding carboxylic acids is 1. The van der Waals surface area contributed by atoms with Crippen molar-refractivity contribution >= 4 is 22.6 Å². The summed E-state index contributed by atoms with van der Waals surface area (Å²) in [4.78, 5) is 16.5. The van der Waals surface area contributed by atoms with Gasteiger partial charge in [-0.1, -0.05) is 0 Å². The molecule has 0 fully saturated rings. The van der Waals surface area contributed by atoms with Gasteiger partial charge in [0.15, 0.2) is 0 Å². The number of pyridine rings is 1. The molecule has 0 unspecified atom stereocenters. The molecular weight excluding hydrogens is 335 g/mol. The fraction of sp³-hybridized carbons (Fsp3) is 0.316. The average Bonchev–Trinajstić information content (AvgIpc) is 2.94. The molecule has 6 nitrogen and oxygen atoms in total. The average molecular weight is 356 g/mol. The molecule has 3 rings (SSSR count). The van der Waals surface area contributed by atoms with E-state index in [2.05, 4.69) is 15.4 Å². The van der Waals surface area contributed by atoms with Crippen LogP contribution in [0.5, 0.6) is 0 Å². The lowest BCUT2D eigenvalue weighted by molar-refractivity contribution is 0.0527. The normalized spacial score (nSPS) is 10.9. The summed E-state index contributed by atoms with van der Waals surface area (Å²) in [6.07, 6.45) is 4.02. The summed E-state index contributed by atoms with van der Waals surface area (Å²) in [7, 11) is 1.89. The van der Waals surface area contributed by atoms with Gasteiger partial charge in [-0.3, -0.25) is 9.67 Å². The van der Waals surface area contributed by atoms with Crippen molar-refractivity contribution in [2.45, 2.75) is 20.3 Å². The summed E-state index contributed by atoms with van der Waals surface area (Å²) in [5.74, 6) is -0.863. The first-order valence-electron chi connectivity index (χ1n) is 8.48. The molecule has 0 saturated heterocycles. The van der Waals surface area contributed by atoms with Crippen LogP contribution in [0.1, 0.15) is 28.5 Å². The number of rotatable bonds is 6. The SMILES string of the molecule is CCOC(=O)c1cnc2ccc(F)cc2c1NCCc1cnn(C)c1C. The van der Waals surface area contributed by atoms with Crippen LogP contribution in [-0.2, 0) is 18.2 Å². The number of nitrogens with zero attached hydrogens (tertiary/aromatic N) is 3. The number of hydrogen-bond donors (Lipinski definition) is 1. The molecule has 0 spiro atoms. The first-order valence-corrected chi connectivity index (χ1v) is 8.48. The summed E-state index contributed by atoms with van der Waals surface area (Å²) in [5, 5.41) is 8.05. The second-order valence-electron chi connectivity index (χ2n) is 5.98. The third-order valence-corrected chi connectivity index (χ3v) is 4.36. The minimum absolute atomic E-state index is 0.258. The Bertz CT molecular complexity index is 952. The number of ether oxygens (including phenoxy) is 1. The van der Waals surface area contributed by atoms with Crippen molar-refractivity contribution < 1.29 is 13.9 Å². The molecule has 0 bridgehead atoms. The minimum Gasteiger partial charge on any atom is -0.462 e. The van der Waals surface area contributed by atoms with Crippen LogP contribution in [0.4, 0.5) is 10.1 Å². The van der Waals surface area contributed by atoms with Gasteiger partial charge in [0.1, 0.15) is 11.4 Å². The van der Waals surface area contributed by atoms with Crippen molar-refractivity contribution in [1.82, 2.24) is 14.8 Å². The van der Waals surface area contributed by atoms with Crippen LogP contribution >= 0.6 is 0 Å². The van der Waals surface area contributed by atoms with E-state index in [0.29, 0.717) is 28.7 Å². The van der Waals surface area contributed by atoms with E-state index in [1.165, 1.54) is 18.3 Å². The van der Waals surface area contributed by atoms with Crippen molar-refractivity contribution in [2.24, 2.45) is 7.05 Å². The fourth-order valence-electron chi connectivity index (χ4n) is 2.83. The molecule has 26 heavy (non-hydrogen) atoms. The molecule has 2 heterocycles. The number of aryl methyl sites for hydroxylation is 1. The van der Waals surface area contributed by atoms with Gasteiger partial charge >= 0.3 is 5.97 Å². The molecule has 2 aromatic heterocycles. The predicted octanol–water partition coefficient (Wildman–Crippen LogP) is 3.25. The molecular formula is C19H21FN4O2. The topological polar surface area (TPSA) is 69.0 Å². The van der Waals surface area contributed by atoms with Gasteiger partial charge in [-0.15, -0.1) is 0 Å². The highest BCUT2D eigenvalue weighted by Gasteiger charge is 2.17. The van der Waals surface area contributed by atoms with E-state index in [1.54, 1.807) is 13.0 Å². The number of esters is 1. The Morgan fingerprint density at radius 2 is 2.15 bits per heavy atom. The number of fused-ring (bicyclic) bond motifs is 1. The van der Waals surface area contributed by atoms with Crippen LogP contribution in [0.15, 0.2) is 30.6 Å². The maximum Gasteiger partial charge on any atom is 0.341 e. The lowest BCUT2D eigenvalue weighted by Gasteiger charge is -2.14. The highest BCUT2D eigenvalue weighted by molar-refractivity contribution is 6.04. The molecule has 1 N–H and O–H groups in total. The summed E-state index contributed by atoms with van der Waals surface area (Å²) in [6, 6.07) is 4.32. The molecule has 7 heteroatoms. The number of nitrogens with one attached hydrogen (secondary N) is 1. The Balaban J connectivity index is 1.92. The first-order chi connectivity index (χ1) is 12.5. The standard InChI is InChI=1S/C19H21FN4O2/c1-4-26-19(25)16-11-22-17-6-5-14(20)9-15(17)18(16)21-8-7-13-10-23-24(3)12(13)2/h5-6,9-11H,4,7-8H2,1-3H3,(H,21,22). The van der Waals surface area contributed by atoms with Crippen molar-refractivity contribution in [3.63, 3.8) is 0 Å². The Kier molecular flexibility index (Phi) is 5.16. The quantitative estimate of drug-likeness (QED) is 0.687. The van der Waals surface area contributed by atoms with E-state index >= 15 is 0 Å². The second-order valence-corrected chi connectivity index (χ2v) is 5.98. The summed E-state index contributed by atoms with van der Waals surface area (Å²) in [5.41, 5.74) is 3.65. The number of benzene rings is 1. The van der Waals surface area contributed by atoms with Crippen LogP contribution in [-0.4, -0.2) is 33.9 Å².